The van der Waals surface area contributed by atoms with Gasteiger partial charge < -0.3 is 14.9 Å². The fourth-order valence-corrected chi connectivity index (χ4v) is 7.45. The molecule has 4 rings (SSSR count). The monoisotopic (exact) mass is 434 g/mol. The van der Waals surface area contributed by atoms with Gasteiger partial charge in [-0.15, -0.1) is 0 Å². The van der Waals surface area contributed by atoms with E-state index >= 15 is 4.39 Å². The van der Waals surface area contributed by atoms with Crippen LogP contribution in [-0.2, 0) is 19.1 Å². The van der Waals surface area contributed by atoms with Crippen LogP contribution in [0.4, 0.5) is 4.39 Å². The van der Waals surface area contributed by atoms with Crippen molar-refractivity contribution in [2.45, 2.75) is 64.8 Å². The van der Waals surface area contributed by atoms with Gasteiger partial charge in [0.1, 0.15) is 11.8 Å². The summed E-state index contributed by atoms with van der Waals surface area (Å²) in [4.78, 5) is 36.2. The summed E-state index contributed by atoms with van der Waals surface area (Å²) in [6, 6.07) is 0. The van der Waals surface area contributed by atoms with Crippen LogP contribution < -0.4 is 0 Å². The number of halogens is 1. The molecular weight excluding hydrogens is 403 g/mol. The number of ketones is 2. The molecule has 4 aliphatic rings. The molecular formula is C24H31FO6. The molecule has 0 amide bonds. The van der Waals surface area contributed by atoms with Gasteiger partial charge in [-0.05, 0) is 36.8 Å². The van der Waals surface area contributed by atoms with Gasteiger partial charge >= 0.3 is 5.97 Å². The Labute approximate surface area is 181 Å². The molecule has 0 spiro atoms. The highest BCUT2D eigenvalue weighted by molar-refractivity contribution is 6.01. The summed E-state index contributed by atoms with van der Waals surface area (Å²) in [5.74, 6) is -3.22. The first-order chi connectivity index (χ1) is 14.4. The Kier molecular flexibility index (Phi) is 5.10. The molecule has 7 heteroatoms. The second-order valence-electron chi connectivity index (χ2n) is 10.4. The Morgan fingerprint density at radius 3 is 2.65 bits per heavy atom. The van der Waals surface area contributed by atoms with E-state index in [4.69, 9.17) is 4.74 Å². The summed E-state index contributed by atoms with van der Waals surface area (Å²) in [7, 11) is 0. The number of hydrogen-bond acceptors (Lipinski definition) is 6. The Morgan fingerprint density at radius 2 is 2.00 bits per heavy atom. The van der Waals surface area contributed by atoms with Gasteiger partial charge in [0.25, 0.3) is 0 Å². The highest BCUT2D eigenvalue weighted by Crippen LogP contribution is 2.68. The van der Waals surface area contributed by atoms with E-state index in [9.17, 15) is 24.6 Å². The van der Waals surface area contributed by atoms with Crippen molar-refractivity contribution in [1.29, 1.82) is 0 Å². The molecule has 3 fully saturated rings. The number of alkyl halides is 1. The number of esters is 1. The number of aliphatic hydroxyl groups is 2. The number of fused-ring (bicyclic) bond motifs is 5. The van der Waals surface area contributed by atoms with E-state index < -0.39 is 64.8 Å². The van der Waals surface area contributed by atoms with Gasteiger partial charge in [-0.25, -0.2) is 4.39 Å². The third kappa shape index (κ3) is 2.92. The van der Waals surface area contributed by atoms with Gasteiger partial charge in [0, 0.05) is 36.0 Å². The van der Waals surface area contributed by atoms with Gasteiger partial charge in [-0.2, -0.15) is 0 Å². The summed E-state index contributed by atoms with van der Waals surface area (Å²) < 4.78 is 20.6. The van der Waals surface area contributed by atoms with E-state index in [1.807, 2.05) is 6.92 Å². The fourth-order valence-electron chi connectivity index (χ4n) is 7.45. The Morgan fingerprint density at radius 1 is 1.32 bits per heavy atom. The van der Waals surface area contributed by atoms with E-state index in [1.165, 1.54) is 19.1 Å². The maximum absolute atomic E-state index is 15.7. The Balaban J connectivity index is 1.75. The summed E-state index contributed by atoms with van der Waals surface area (Å²) >= 11 is 0. The summed E-state index contributed by atoms with van der Waals surface area (Å²) in [5, 5.41) is 23.0. The molecule has 0 radical (unpaired) electrons. The van der Waals surface area contributed by atoms with Crippen molar-refractivity contribution < 1.29 is 33.7 Å². The van der Waals surface area contributed by atoms with Crippen LogP contribution in [0, 0.1) is 34.5 Å². The van der Waals surface area contributed by atoms with Gasteiger partial charge in [-0.1, -0.05) is 32.4 Å². The molecule has 3 saturated carbocycles. The maximum atomic E-state index is 15.7. The highest BCUT2D eigenvalue weighted by atomic mass is 19.1. The molecule has 9 atom stereocenters. The summed E-state index contributed by atoms with van der Waals surface area (Å²) in [6.45, 7) is 6.11. The third-order valence-corrected chi connectivity index (χ3v) is 8.90. The molecule has 0 aromatic rings. The number of carbonyl (C=O) groups excluding carboxylic acids is 3. The SMILES string of the molecule is CC(=O)OCC(=O)[C@@]1(O)[C@H](C)C[C@H]2[C@H]3[C@H]([C@@H](O)C[C@@]21C)[C@@]1(C)C=CC(=O)C=C1C[C@H]3F. The lowest BCUT2D eigenvalue weighted by Gasteiger charge is -2.60. The zero-order valence-corrected chi connectivity index (χ0v) is 18.4. The highest BCUT2D eigenvalue weighted by Gasteiger charge is 2.71. The van der Waals surface area contributed by atoms with Gasteiger partial charge in [-0.3, -0.25) is 14.4 Å². The third-order valence-electron chi connectivity index (χ3n) is 8.90. The molecule has 0 saturated heterocycles. The van der Waals surface area contributed by atoms with Crippen LogP contribution in [0.15, 0.2) is 23.8 Å². The molecule has 0 bridgehead atoms. The average molecular weight is 435 g/mol. The lowest BCUT2D eigenvalue weighted by molar-refractivity contribution is -0.192. The molecule has 0 heterocycles. The van der Waals surface area contributed by atoms with E-state index in [-0.39, 0.29) is 24.5 Å². The van der Waals surface area contributed by atoms with Gasteiger partial charge in [0.15, 0.2) is 12.4 Å². The maximum Gasteiger partial charge on any atom is 0.303 e. The second-order valence-corrected chi connectivity index (χ2v) is 10.4. The summed E-state index contributed by atoms with van der Waals surface area (Å²) in [6.07, 6.45) is 3.16. The second kappa shape index (κ2) is 7.07. The molecule has 4 aliphatic carbocycles. The zero-order valence-electron chi connectivity index (χ0n) is 18.4. The molecule has 0 unspecified atom stereocenters. The lowest BCUT2D eigenvalue weighted by atomic mass is 9.45. The van der Waals surface area contributed by atoms with Crippen LogP contribution in [0.1, 0.15) is 47.0 Å². The minimum atomic E-state index is -1.83. The predicted octanol–water partition coefficient (Wildman–Crippen LogP) is 2.32. The van der Waals surface area contributed by atoms with Crippen molar-refractivity contribution in [2.75, 3.05) is 6.61 Å². The molecule has 31 heavy (non-hydrogen) atoms. The van der Waals surface area contributed by atoms with Gasteiger partial charge in [0.05, 0.1) is 6.10 Å². The van der Waals surface area contributed by atoms with E-state index in [1.54, 1.807) is 19.9 Å². The first-order valence-electron chi connectivity index (χ1n) is 11.0. The smallest absolute Gasteiger partial charge is 0.303 e. The largest absolute Gasteiger partial charge is 0.458 e. The van der Waals surface area contributed by atoms with Crippen molar-refractivity contribution in [3.8, 4) is 0 Å². The fraction of sp³-hybridized carbons (Fsp3) is 0.708. The predicted molar refractivity (Wildman–Crippen MR) is 109 cm³/mol. The van der Waals surface area contributed by atoms with Crippen molar-refractivity contribution >= 4 is 17.5 Å². The number of hydrogen-bond donors (Lipinski definition) is 2. The van der Waals surface area contributed by atoms with Crippen LogP contribution >= 0.6 is 0 Å². The van der Waals surface area contributed by atoms with Crippen molar-refractivity contribution in [3.05, 3.63) is 23.8 Å². The normalized spacial score (nSPS) is 48.4. The number of allylic oxidation sites excluding steroid dienone is 4. The standard InChI is InChI=1S/C24H31FO6/c1-12-7-16-20-17(25)9-14-8-15(27)5-6-22(14,3)21(20)18(28)10-23(16,4)24(12,30)19(29)11-31-13(2)26/h5-6,8,12,16-18,20-21,28,30H,7,9-11H2,1-4H3/t12-,16+,17-,18+,20-,21+,22+,23+,24+/m1/s1. The molecule has 170 valence electrons. The Hall–Kier alpha value is -1.86. The van der Waals surface area contributed by atoms with Crippen LogP contribution in [0.2, 0.25) is 0 Å². The van der Waals surface area contributed by atoms with Crippen LogP contribution in [0.3, 0.4) is 0 Å². The number of aliphatic hydroxyl groups excluding tert-OH is 1. The lowest BCUT2D eigenvalue weighted by Crippen LogP contribution is -2.64. The zero-order chi connectivity index (χ0) is 22.9. The molecule has 0 aromatic carbocycles. The van der Waals surface area contributed by atoms with Crippen LogP contribution in [-0.4, -0.2) is 52.2 Å². The Bertz CT molecular complexity index is 895. The number of carbonyl (C=O) groups is 3. The van der Waals surface area contributed by atoms with E-state index in [0.717, 1.165) is 0 Å². The van der Waals surface area contributed by atoms with E-state index in [0.29, 0.717) is 12.0 Å². The minimum absolute atomic E-state index is 0.0985. The number of ether oxygens (including phenoxy) is 1. The van der Waals surface area contributed by atoms with Crippen molar-refractivity contribution in [3.63, 3.8) is 0 Å². The van der Waals surface area contributed by atoms with E-state index in [2.05, 4.69) is 0 Å². The quantitative estimate of drug-likeness (QED) is 0.661. The topological polar surface area (TPSA) is 101 Å². The van der Waals surface area contributed by atoms with Crippen LogP contribution in [0.5, 0.6) is 0 Å². The first kappa shape index (κ1) is 22.3. The number of Topliss-reactive ketones (excluding diaryl/α,β-unsaturated/α-hetero) is 1. The summed E-state index contributed by atoms with van der Waals surface area (Å²) in [5.41, 5.74) is -2.83. The first-order valence-corrected chi connectivity index (χ1v) is 11.0. The van der Waals surface area contributed by atoms with Crippen molar-refractivity contribution in [1.82, 2.24) is 0 Å². The molecule has 2 N–H and O–H groups in total. The van der Waals surface area contributed by atoms with Crippen LogP contribution in [0.25, 0.3) is 0 Å². The van der Waals surface area contributed by atoms with Gasteiger partial charge in [0.2, 0.25) is 5.78 Å². The molecule has 0 aliphatic heterocycles. The molecule has 6 nitrogen and oxygen atoms in total. The van der Waals surface area contributed by atoms with Crippen molar-refractivity contribution in [2.24, 2.45) is 34.5 Å². The average Bonchev–Trinajstić information content (AvgIpc) is 2.88. The molecule has 0 aromatic heterocycles. The number of rotatable bonds is 3. The minimum Gasteiger partial charge on any atom is -0.458 e.